The largest absolute Gasteiger partial charge is 0.494 e. The smallest absolute Gasteiger partial charge is 0.287 e. The maximum Gasteiger partial charge on any atom is 0.287 e. The van der Waals surface area contributed by atoms with Gasteiger partial charge in [-0.25, -0.2) is 9.97 Å². The van der Waals surface area contributed by atoms with Crippen molar-refractivity contribution in [3.8, 4) is 5.75 Å². The molecule has 3 aromatic rings. The molecule has 0 saturated heterocycles. The molecule has 1 N–H and O–H groups in total. The maximum absolute atomic E-state index is 13.6. The number of hydrogen-bond acceptors (Lipinski definition) is 6. The molecule has 1 fully saturated rings. The highest BCUT2D eigenvalue weighted by Crippen LogP contribution is 2.39. The van der Waals surface area contributed by atoms with Crippen LogP contribution in [0.2, 0.25) is 0 Å². The summed E-state index contributed by atoms with van der Waals surface area (Å²) in [6.45, 7) is 2.75. The molecular formula is C23H25F2N3O3S. The number of benzene rings is 1. The molecule has 0 aliphatic heterocycles. The number of aromatic nitrogens is 2. The van der Waals surface area contributed by atoms with Crippen molar-refractivity contribution >= 4 is 39.9 Å². The molecule has 1 amide bonds. The molecule has 170 valence electrons. The van der Waals surface area contributed by atoms with Gasteiger partial charge in [0.15, 0.2) is 0 Å². The third-order valence-corrected chi connectivity index (χ3v) is 6.54. The average molecular weight is 462 g/mol. The van der Waals surface area contributed by atoms with Crippen LogP contribution >= 0.6 is 11.3 Å². The first-order valence-electron chi connectivity index (χ1n) is 10.3. The number of anilines is 1. The zero-order valence-corrected chi connectivity index (χ0v) is 18.8. The van der Waals surface area contributed by atoms with Gasteiger partial charge < -0.3 is 14.8 Å². The van der Waals surface area contributed by atoms with E-state index in [1.165, 1.54) is 44.6 Å². The molecule has 2 aromatic heterocycles. The molecule has 9 heteroatoms. The summed E-state index contributed by atoms with van der Waals surface area (Å²) in [5.74, 6) is -2.74. The van der Waals surface area contributed by atoms with Gasteiger partial charge in [0.2, 0.25) is 0 Å². The number of pyridine rings is 1. The Morgan fingerprint density at radius 2 is 1.91 bits per heavy atom. The van der Waals surface area contributed by atoms with Crippen molar-refractivity contribution in [3.05, 3.63) is 46.7 Å². The van der Waals surface area contributed by atoms with E-state index in [4.69, 9.17) is 14.5 Å². The van der Waals surface area contributed by atoms with E-state index in [2.05, 4.69) is 10.3 Å². The number of thiazole rings is 1. The summed E-state index contributed by atoms with van der Waals surface area (Å²) < 4.78 is 33.5. The van der Waals surface area contributed by atoms with E-state index in [1.807, 2.05) is 12.9 Å². The Bertz CT molecular complexity index is 1090. The monoisotopic (exact) mass is 461 g/mol. The zero-order valence-electron chi connectivity index (χ0n) is 18.0. The molecule has 0 spiro atoms. The van der Waals surface area contributed by atoms with Gasteiger partial charge in [-0.3, -0.25) is 4.79 Å². The molecule has 1 aromatic carbocycles. The molecule has 32 heavy (non-hydrogen) atoms. The minimum absolute atomic E-state index is 0.0802. The van der Waals surface area contributed by atoms with E-state index in [1.54, 1.807) is 17.4 Å². The van der Waals surface area contributed by atoms with Gasteiger partial charge in [-0.2, -0.15) is 8.78 Å². The van der Waals surface area contributed by atoms with E-state index in [0.29, 0.717) is 17.4 Å². The van der Waals surface area contributed by atoms with Crippen LogP contribution in [0.3, 0.4) is 0 Å². The second-order valence-corrected chi connectivity index (χ2v) is 8.72. The SMILES string of the molecule is C=O.COc1cc2nc(C3CCCCC3)sc2cc1NC(=O)c1cccc(C(C)(F)F)n1. The minimum atomic E-state index is -3.12. The van der Waals surface area contributed by atoms with E-state index in [0.717, 1.165) is 35.0 Å². The Kier molecular flexibility index (Phi) is 7.50. The fourth-order valence-corrected chi connectivity index (χ4v) is 4.91. The molecule has 6 nitrogen and oxygen atoms in total. The lowest BCUT2D eigenvalue weighted by Gasteiger charge is -2.18. The number of rotatable bonds is 5. The number of ether oxygens (including phenoxy) is 1. The van der Waals surface area contributed by atoms with Gasteiger partial charge in [0.1, 0.15) is 23.9 Å². The Morgan fingerprint density at radius 1 is 1.19 bits per heavy atom. The van der Waals surface area contributed by atoms with Crippen molar-refractivity contribution in [2.75, 3.05) is 12.4 Å². The van der Waals surface area contributed by atoms with Gasteiger partial charge in [-0.1, -0.05) is 25.3 Å². The number of halogens is 2. The first-order chi connectivity index (χ1) is 15.3. The van der Waals surface area contributed by atoms with E-state index >= 15 is 0 Å². The van der Waals surface area contributed by atoms with Crippen LogP contribution in [0.25, 0.3) is 10.2 Å². The second kappa shape index (κ2) is 10.1. The predicted octanol–water partition coefficient (Wildman–Crippen LogP) is 5.93. The number of alkyl halides is 2. The third kappa shape index (κ3) is 5.27. The number of fused-ring (bicyclic) bond motifs is 1. The predicted molar refractivity (Wildman–Crippen MR) is 121 cm³/mol. The van der Waals surface area contributed by atoms with Crippen LogP contribution in [0.4, 0.5) is 14.5 Å². The fourth-order valence-electron chi connectivity index (χ4n) is 3.76. The van der Waals surface area contributed by atoms with Crippen molar-refractivity contribution < 1.29 is 23.1 Å². The first kappa shape index (κ1) is 23.7. The molecule has 1 aliphatic carbocycles. The summed E-state index contributed by atoms with van der Waals surface area (Å²) in [6.07, 6.45) is 6.06. The summed E-state index contributed by atoms with van der Waals surface area (Å²) in [5, 5.41) is 3.87. The summed E-state index contributed by atoms with van der Waals surface area (Å²) in [6, 6.07) is 7.64. The Morgan fingerprint density at radius 3 is 2.56 bits per heavy atom. The summed E-state index contributed by atoms with van der Waals surface area (Å²) >= 11 is 1.63. The van der Waals surface area contributed by atoms with Gasteiger partial charge >= 0.3 is 0 Å². The lowest BCUT2D eigenvalue weighted by molar-refractivity contribution is -0.0980. The van der Waals surface area contributed by atoms with E-state index in [-0.39, 0.29) is 5.69 Å². The van der Waals surface area contributed by atoms with Crippen LogP contribution in [-0.2, 0) is 10.7 Å². The summed E-state index contributed by atoms with van der Waals surface area (Å²) in [4.78, 5) is 29.3. The molecule has 1 saturated carbocycles. The number of amides is 1. The lowest BCUT2D eigenvalue weighted by atomic mass is 9.90. The fraction of sp³-hybridized carbons (Fsp3) is 0.391. The highest BCUT2D eigenvalue weighted by Gasteiger charge is 2.27. The quantitative estimate of drug-likeness (QED) is 0.510. The topological polar surface area (TPSA) is 81.2 Å². The maximum atomic E-state index is 13.6. The number of carbonyl (C=O) groups is 2. The van der Waals surface area contributed by atoms with Crippen molar-refractivity contribution in [2.24, 2.45) is 0 Å². The van der Waals surface area contributed by atoms with Crippen LogP contribution in [0.5, 0.6) is 5.75 Å². The number of nitrogens with zero attached hydrogens (tertiary/aromatic N) is 2. The van der Waals surface area contributed by atoms with Crippen molar-refractivity contribution in [3.63, 3.8) is 0 Å². The molecule has 0 atom stereocenters. The molecule has 4 rings (SSSR count). The number of carbonyl (C=O) groups excluding carboxylic acids is 2. The van der Waals surface area contributed by atoms with Crippen LogP contribution < -0.4 is 10.1 Å². The van der Waals surface area contributed by atoms with Crippen LogP contribution in [0.1, 0.15) is 66.1 Å². The van der Waals surface area contributed by atoms with Crippen molar-refractivity contribution in [2.45, 2.75) is 50.9 Å². The minimum Gasteiger partial charge on any atom is -0.494 e. The van der Waals surface area contributed by atoms with Crippen molar-refractivity contribution in [1.82, 2.24) is 9.97 Å². The third-order valence-electron chi connectivity index (χ3n) is 5.36. The van der Waals surface area contributed by atoms with Gasteiger partial charge in [0.25, 0.3) is 11.8 Å². The lowest BCUT2D eigenvalue weighted by Crippen LogP contribution is -2.17. The molecule has 0 bridgehead atoms. The van der Waals surface area contributed by atoms with Crippen LogP contribution in [-0.4, -0.2) is 29.8 Å². The average Bonchev–Trinajstić information content (AvgIpc) is 3.23. The number of nitrogens with one attached hydrogen (secondary N) is 1. The highest BCUT2D eigenvalue weighted by molar-refractivity contribution is 7.18. The van der Waals surface area contributed by atoms with Gasteiger partial charge in [-0.15, -0.1) is 11.3 Å². The summed E-state index contributed by atoms with van der Waals surface area (Å²) in [7, 11) is 1.52. The molecule has 1 aliphatic rings. The molecule has 0 unspecified atom stereocenters. The standard InChI is InChI=1S/C22H23F2N3O2S.CH2O/c1-22(23,24)19-10-6-9-14(25-19)20(28)26-15-12-18-16(11-17(15)29-2)27-21(30-18)13-7-4-3-5-8-13;1-2/h6,9-13H,3-5,7-8H2,1-2H3,(H,26,28);1H2. The van der Waals surface area contributed by atoms with Crippen molar-refractivity contribution in [1.29, 1.82) is 0 Å². The van der Waals surface area contributed by atoms with E-state index in [9.17, 15) is 13.6 Å². The van der Waals surface area contributed by atoms with E-state index < -0.39 is 17.5 Å². The van der Waals surface area contributed by atoms with Crippen LogP contribution in [0, 0.1) is 0 Å². The Labute approximate surface area is 189 Å². The normalized spacial score (nSPS) is 14.5. The Balaban J connectivity index is 0.00000141. The second-order valence-electron chi connectivity index (χ2n) is 7.66. The first-order valence-corrected chi connectivity index (χ1v) is 11.1. The van der Waals surface area contributed by atoms with Crippen LogP contribution in [0.15, 0.2) is 30.3 Å². The van der Waals surface area contributed by atoms with Gasteiger partial charge in [0, 0.05) is 18.9 Å². The highest BCUT2D eigenvalue weighted by atomic mass is 32.1. The number of hydrogen-bond donors (Lipinski definition) is 1. The Hall–Kier alpha value is -2.94. The van der Waals surface area contributed by atoms with Gasteiger partial charge in [0.05, 0.1) is 28.0 Å². The molecular weight excluding hydrogens is 436 g/mol. The number of methoxy groups -OCH3 is 1. The summed E-state index contributed by atoms with van der Waals surface area (Å²) in [5.41, 5.74) is 0.769. The molecule has 2 heterocycles. The molecule has 0 radical (unpaired) electrons. The van der Waals surface area contributed by atoms with Gasteiger partial charge in [-0.05, 0) is 31.0 Å². The zero-order chi connectivity index (χ0) is 23.3.